The molecule has 1 saturated carbocycles. The Morgan fingerprint density at radius 2 is 2.35 bits per heavy atom. The third-order valence-corrected chi connectivity index (χ3v) is 2.81. The monoisotopic (exact) mass is 231 g/mol. The Kier molecular flexibility index (Phi) is 3.57. The van der Waals surface area contributed by atoms with E-state index in [1.807, 2.05) is 26.0 Å². The molecule has 3 nitrogen and oxygen atoms in total. The van der Waals surface area contributed by atoms with Crippen molar-refractivity contribution >= 4 is 11.5 Å². The van der Waals surface area contributed by atoms with Gasteiger partial charge in [-0.05, 0) is 55.9 Å². The molecule has 1 heterocycles. The number of carbonyl (C=O) groups excluding carboxylic acids is 1. The lowest BCUT2D eigenvalue weighted by Crippen LogP contribution is -2.02. The van der Waals surface area contributed by atoms with E-state index >= 15 is 0 Å². The summed E-state index contributed by atoms with van der Waals surface area (Å²) in [6.45, 7) is 4.19. The molecule has 0 atom stereocenters. The summed E-state index contributed by atoms with van der Waals surface area (Å²) in [5.74, 6) is 0.269. The first-order valence-electron chi connectivity index (χ1n) is 6.02. The quantitative estimate of drug-likeness (QED) is 0.591. The van der Waals surface area contributed by atoms with Crippen LogP contribution in [-0.4, -0.2) is 17.6 Å². The van der Waals surface area contributed by atoms with Crippen LogP contribution in [0.1, 0.15) is 31.0 Å². The molecule has 0 aromatic carbocycles. The molecule has 0 bridgehead atoms. The van der Waals surface area contributed by atoms with Gasteiger partial charge < -0.3 is 4.74 Å². The number of ether oxygens (including phenoxy) is 1. The predicted octanol–water partition coefficient (Wildman–Crippen LogP) is 2.75. The molecule has 0 N–H and O–H groups in total. The van der Waals surface area contributed by atoms with E-state index in [4.69, 9.17) is 4.74 Å². The molecule has 1 aliphatic carbocycles. The predicted molar refractivity (Wildman–Crippen MR) is 66.3 cm³/mol. The number of aromatic nitrogens is 1. The number of nitrogens with zero attached hydrogens (tertiary/aromatic N) is 1. The first kappa shape index (κ1) is 11.8. The Morgan fingerprint density at radius 3 is 2.94 bits per heavy atom. The zero-order chi connectivity index (χ0) is 12.3. The average molecular weight is 231 g/mol. The van der Waals surface area contributed by atoms with Gasteiger partial charge in [-0.15, -0.1) is 0 Å². The van der Waals surface area contributed by atoms with E-state index in [0.29, 0.717) is 12.5 Å². The Morgan fingerprint density at radius 1 is 1.59 bits per heavy atom. The molecule has 90 valence electrons. The topological polar surface area (TPSA) is 39.2 Å². The van der Waals surface area contributed by atoms with Crippen molar-refractivity contribution in [2.45, 2.75) is 26.7 Å². The van der Waals surface area contributed by atoms with Crippen molar-refractivity contribution < 1.29 is 9.53 Å². The second kappa shape index (κ2) is 5.13. The summed E-state index contributed by atoms with van der Waals surface area (Å²) in [7, 11) is 0. The highest BCUT2D eigenvalue weighted by molar-refractivity contribution is 5.92. The molecule has 0 saturated heterocycles. The fourth-order valence-corrected chi connectivity index (χ4v) is 1.87. The van der Waals surface area contributed by atoms with E-state index in [1.54, 1.807) is 12.3 Å². The normalized spacial score (nSPS) is 15.8. The SMILES string of the molecule is CCOC(=O)C=C(c1ccnc(C)c1)C1CC1. The van der Waals surface area contributed by atoms with E-state index in [1.165, 1.54) is 0 Å². The lowest BCUT2D eigenvalue weighted by Gasteiger charge is -2.07. The lowest BCUT2D eigenvalue weighted by atomic mass is 10.0. The minimum absolute atomic E-state index is 0.246. The Hall–Kier alpha value is -1.64. The zero-order valence-corrected chi connectivity index (χ0v) is 10.3. The molecule has 1 aromatic heterocycles. The van der Waals surface area contributed by atoms with Crippen molar-refractivity contribution in [1.82, 2.24) is 4.98 Å². The molecule has 0 amide bonds. The van der Waals surface area contributed by atoms with E-state index in [-0.39, 0.29) is 5.97 Å². The van der Waals surface area contributed by atoms with Crippen LogP contribution in [0.15, 0.2) is 24.4 Å². The number of rotatable bonds is 4. The number of pyridine rings is 1. The van der Waals surface area contributed by atoms with Crippen molar-refractivity contribution in [1.29, 1.82) is 0 Å². The Bertz CT molecular complexity index is 447. The van der Waals surface area contributed by atoms with E-state index in [9.17, 15) is 4.79 Å². The van der Waals surface area contributed by atoms with Crippen molar-refractivity contribution in [3.63, 3.8) is 0 Å². The van der Waals surface area contributed by atoms with Gasteiger partial charge in [0.1, 0.15) is 0 Å². The van der Waals surface area contributed by atoms with Crippen LogP contribution in [0.2, 0.25) is 0 Å². The summed E-state index contributed by atoms with van der Waals surface area (Å²) in [5.41, 5.74) is 3.15. The second-order valence-electron chi connectivity index (χ2n) is 4.31. The van der Waals surface area contributed by atoms with Gasteiger partial charge in [-0.25, -0.2) is 4.79 Å². The summed E-state index contributed by atoms with van der Waals surface area (Å²) in [6.07, 6.45) is 5.74. The van der Waals surface area contributed by atoms with E-state index in [2.05, 4.69) is 4.98 Å². The van der Waals surface area contributed by atoms with E-state index in [0.717, 1.165) is 29.7 Å². The number of hydrogen-bond acceptors (Lipinski definition) is 3. The molecule has 0 aliphatic heterocycles. The molecular formula is C14H17NO2. The highest BCUT2D eigenvalue weighted by Gasteiger charge is 2.27. The number of allylic oxidation sites excluding steroid dienone is 1. The van der Waals surface area contributed by atoms with Crippen LogP contribution in [0, 0.1) is 12.8 Å². The summed E-state index contributed by atoms with van der Waals surface area (Å²) in [5, 5.41) is 0. The van der Waals surface area contributed by atoms with Gasteiger partial charge in [0, 0.05) is 18.0 Å². The van der Waals surface area contributed by atoms with Gasteiger partial charge in [0.15, 0.2) is 0 Å². The van der Waals surface area contributed by atoms with Gasteiger partial charge in [-0.1, -0.05) is 0 Å². The average Bonchev–Trinajstić information content (AvgIpc) is 3.10. The number of hydrogen-bond donors (Lipinski definition) is 0. The van der Waals surface area contributed by atoms with Crippen LogP contribution in [0.25, 0.3) is 5.57 Å². The van der Waals surface area contributed by atoms with Crippen LogP contribution in [0.5, 0.6) is 0 Å². The first-order chi connectivity index (χ1) is 8.20. The fraction of sp³-hybridized carbons (Fsp3) is 0.429. The number of esters is 1. The minimum atomic E-state index is -0.246. The van der Waals surface area contributed by atoms with Gasteiger partial charge in [-0.3, -0.25) is 4.98 Å². The maximum absolute atomic E-state index is 11.5. The van der Waals surface area contributed by atoms with Gasteiger partial charge in [0.2, 0.25) is 0 Å². The molecule has 3 heteroatoms. The minimum Gasteiger partial charge on any atom is -0.463 e. The van der Waals surface area contributed by atoms with E-state index < -0.39 is 0 Å². The molecule has 0 unspecified atom stereocenters. The summed E-state index contributed by atoms with van der Waals surface area (Å²) in [4.78, 5) is 15.7. The summed E-state index contributed by atoms with van der Waals surface area (Å²) < 4.78 is 4.97. The van der Waals surface area contributed by atoms with Crippen molar-refractivity contribution in [2.75, 3.05) is 6.61 Å². The van der Waals surface area contributed by atoms with Crippen LogP contribution >= 0.6 is 0 Å². The van der Waals surface area contributed by atoms with Crippen molar-refractivity contribution in [3.05, 3.63) is 35.7 Å². The molecule has 0 spiro atoms. The highest BCUT2D eigenvalue weighted by atomic mass is 16.5. The van der Waals surface area contributed by atoms with Gasteiger partial charge in [0.25, 0.3) is 0 Å². The molecule has 1 fully saturated rings. The largest absolute Gasteiger partial charge is 0.463 e. The number of aryl methyl sites for hydroxylation is 1. The standard InChI is InChI=1S/C14H17NO2/c1-3-17-14(16)9-13(11-4-5-11)12-6-7-15-10(2)8-12/h6-9,11H,3-5H2,1-2H3. The van der Waals surface area contributed by atoms with Gasteiger partial charge in [-0.2, -0.15) is 0 Å². The molecule has 17 heavy (non-hydrogen) atoms. The van der Waals surface area contributed by atoms with Crippen LogP contribution in [0.4, 0.5) is 0 Å². The molecular weight excluding hydrogens is 214 g/mol. The zero-order valence-electron chi connectivity index (χ0n) is 10.3. The molecule has 2 rings (SSSR count). The van der Waals surface area contributed by atoms with Crippen LogP contribution in [0.3, 0.4) is 0 Å². The second-order valence-corrected chi connectivity index (χ2v) is 4.31. The van der Waals surface area contributed by atoms with Crippen molar-refractivity contribution in [2.24, 2.45) is 5.92 Å². The summed E-state index contributed by atoms with van der Waals surface area (Å²) >= 11 is 0. The van der Waals surface area contributed by atoms with Gasteiger partial charge in [0.05, 0.1) is 6.61 Å². The number of carbonyl (C=O) groups is 1. The highest BCUT2D eigenvalue weighted by Crippen LogP contribution is 2.41. The van der Waals surface area contributed by atoms with Gasteiger partial charge >= 0.3 is 5.97 Å². The lowest BCUT2D eigenvalue weighted by molar-refractivity contribution is -0.137. The maximum atomic E-state index is 11.5. The molecule has 1 aromatic rings. The molecule has 0 radical (unpaired) electrons. The van der Waals surface area contributed by atoms with Crippen LogP contribution in [-0.2, 0) is 9.53 Å². The van der Waals surface area contributed by atoms with Crippen LogP contribution < -0.4 is 0 Å². The maximum Gasteiger partial charge on any atom is 0.331 e. The fourth-order valence-electron chi connectivity index (χ4n) is 1.87. The van der Waals surface area contributed by atoms with Crippen molar-refractivity contribution in [3.8, 4) is 0 Å². The first-order valence-corrected chi connectivity index (χ1v) is 6.02. The smallest absolute Gasteiger partial charge is 0.331 e. The Labute approximate surface area is 102 Å². The molecule has 1 aliphatic rings. The third-order valence-electron chi connectivity index (χ3n) is 2.81. The summed E-state index contributed by atoms with van der Waals surface area (Å²) in [6, 6.07) is 3.97. The third kappa shape index (κ3) is 3.16. The Balaban J connectivity index is 2.26.